The van der Waals surface area contributed by atoms with E-state index in [4.69, 9.17) is 5.73 Å². The van der Waals surface area contributed by atoms with Crippen molar-refractivity contribution in [3.05, 3.63) is 33.8 Å². The van der Waals surface area contributed by atoms with Crippen LogP contribution in [0, 0.1) is 0 Å². The number of amides is 1. The number of hydrogen-bond acceptors (Lipinski definition) is 7. The molecule has 0 saturated carbocycles. The molecule has 1 fully saturated rings. The molecule has 0 aliphatic carbocycles. The Morgan fingerprint density at radius 3 is 2.52 bits per heavy atom. The molecule has 1 amide bonds. The standard InChI is InChI=1S/C14H14BrF3N2O6S/c15-8-3-6(4-9(19)12(22)26-13(23)14(16,17)18)1-2-7(8)10-5-11(21)20-27(10,24)25/h1-3,9-10,24-25H,4-5,19H2,(H,20,21)/t9-,10?/m0/s1. The maximum absolute atomic E-state index is 12.1. The van der Waals surface area contributed by atoms with E-state index in [1.807, 2.05) is 0 Å². The summed E-state index contributed by atoms with van der Waals surface area (Å²) < 4.78 is 62.3. The SMILES string of the molecule is N[C@@H](Cc1ccc(C2CC(=O)NS2(O)O)c(Br)c1)C(=O)OC(=O)C(F)(F)F. The molecule has 0 bridgehead atoms. The highest BCUT2D eigenvalue weighted by Gasteiger charge is 2.43. The predicted octanol–water partition coefficient (Wildman–Crippen LogP) is 2.18. The number of esters is 2. The fourth-order valence-electron chi connectivity index (χ4n) is 2.37. The van der Waals surface area contributed by atoms with Crippen molar-refractivity contribution in [2.75, 3.05) is 0 Å². The van der Waals surface area contributed by atoms with Gasteiger partial charge in [0.05, 0.1) is 6.42 Å². The molecule has 2 rings (SSSR count). The van der Waals surface area contributed by atoms with Crippen molar-refractivity contribution < 1.29 is 41.4 Å². The quantitative estimate of drug-likeness (QED) is 0.387. The number of benzene rings is 1. The van der Waals surface area contributed by atoms with Gasteiger partial charge in [0.15, 0.2) is 0 Å². The maximum Gasteiger partial charge on any atom is 0.491 e. The van der Waals surface area contributed by atoms with Crippen LogP contribution in [0.1, 0.15) is 22.8 Å². The minimum atomic E-state index is -5.31. The second-order valence-corrected chi connectivity index (χ2v) is 8.50. The first-order valence-electron chi connectivity index (χ1n) is 7.25. The lowest BCUT2D eigenvalue weighted by Crippen LogP contribution is -2.38. The van der Waals surface area contributed by atoms with Crippen molar-refractivity contribution in [1.29, 1.82) is 0 Å². The van der Waals surface area contributed by atoms with E-state index in [9.17, 15) is 36.7 Å². The Hall–Kier alpha value is -1.67. The molecule has 1 saturated heterocycles. The highest BCUT2D eigenvalue weighted by atomic mass is 79.9. The van der Waals surface area contributed by atoms with Gasteiger partial charge in [-0.05, 0) is 23.6 Å². The van der Waals surface area contributed by atoms with Crippen molar-refractivity contribution in [3.8, 4) is 0 Å². The van der Waals surface area contributed by atoms with Gasteiger partial charge in [-0.1, -0.05) is 28.1 Å². The van der Waals surface area contributed by atoms with Gasteiger partial charge in [-0.15, -0.1) is 10.8 Å². The van der Waals surface area contributed by atoms with E-state index in [-0.39, 0.29) is 12.8 Å². The first-order chi connectivity index (χ1) is 12.3. The number of rotatable bonds is 4. The van der Waals surface area contributed by atoms with Gasteiger partial charge in [0, 0.05) is 4.47 Å². The topological polar surface area (TPSA) is 139 Å². The lowest BCUT2D eigenvalue weighted by molar-refractivity contribution is -0.202. The zero-order chi connectivity index (χ0) is 20.6. The Bertz CT molecular complexity index is 789. The zero-order valence-electron chi connectivity index (χ0n) is 13.3. The zero-order valence-corrected chi connectivity index (χ0v) is 15.7. The molecule has 2 atom stereocenters. The highest BCUT2D eigenvalue weighted by molar-refractivity contribution is 9.10. The molecule has 13 heteroatoms. The third-order valence-corrected chi connectivity index (χ3v) is 6.06. The van der Waals surface area contributed by atoms with Crippen LogP contribution in [-0.4, -0.2) is 39.2 Å². The number of nitrogens with two attached hydrogens (primary N) is 1. The van der Waals surface area contributed by atoms with Crippen LogP contribution >= 0.6 is 26.7 Å². The lowest BCUT2D eigenvalue weighted by Gasteiger charge is -2.33. The van der Waals surface area contributed by atoms with Crippen LogP contribution in [0.2, 0.25) is 0 Å². The average Bonchev–Trinajstić information content (AvgIpc) is 2.78. The van der Waals surface area contributed by atoms with E-state index in [0.29, 0.717) is 15.6 Å². The first-order valence-corrected chi connectivity index (χ1v) is 9.66. The van der Waals surface area contributed by atoms with Gasteiger partial charge in [0.2, 0.25) is 5.91 Å². The van der Waals surface area contributed by atoms with Crippen molar-refractivity contribution in [2.24, 2.45) is 5.73 Å². The molecule has 1 aliphatic heterocycles. The minimum Gasteiger partial charge on any atom is -0.385 e. The molecule has 1 aromatic carbocycles. The van der Waals surface area contributed by atoms with Gasteiger partial charge in [0.1, 0.15) is 11.3 Å². The van der Waals surface area contributed by atoms with Crippen LogP contribution in [0.15, 0.2) is 22.7 Å². The van der Waals surface area contributed by atoms with Crippen LogP contribution < -0.4 is 10.5 Å². The average molecular weight is 475 g/mol. The van der Waals surface area contributed by atoms with Crippen molar-refractivity contribution in [3.63, 3.8) is 0 Å². The smallest absolute Gasteiger partial charge is 0.385 e. The summed E-state index contributed by atoms with van der Waals surface area (Å²) in [4.78, 5) is 33.6. The number of alkyl halides is 3. The third-order valence-electron chi connectivity index (χ3n) is 3.63. The number of carbonyl (C=O) groups excluding carboxylic acids is 3. The summed E-state index contributed by atoms with van der Waals surface area (Å²) in [6.45, 7) is 0. The molecule has 1 aromatic rings. The summed E-state index contributed by atoms with van der Waals surface area (Å²) in [5, 5.41) is -0.878. The minimum absolute atomic E-state index is 0.133. The second-order valence-electron chi connectivity index (χ2n) is 5.68. The van der Waals surface area contributed by atoms with Gasteiger partial charge >= 0.3 is 18.1 Å². The van der Waals surface area contributed by atoms with Gasteiger partial charge in [-0.25, -0.2) is 9.59 Å². The Balaban J connectivity index is 2.08. The molecule has 1 aliphatic rings. The number of carbonyl (C=O) groups is 3. The van der Waals surface area contributed by atoms with Crippen molar-refractivity contribution in [1.82, 2.24) is 4.72 Å². The van der Waals surface area contributed by atoms with Gasteiger partial charge < -0.3 is 10.5 Å². The molecule has 0 aromatic heterocycles. The summed E-state index contributed by atoms with van der Waals surface area (Å²) >= 11 is 3.21. The first kappa shape index (κ1) is 21.6. The summed E-state index contributed by atoms with van der Waals surface area (Å²) in [6, 6.07) is 2.87. The van der Waals surface area contributed by atoms with Crippen LogP contribution in [0.5, 0.6) is 0 Å². The Kier molecular flexibility index (Phi) is 6.21. The number of ether oxygens (including phenoxy) is 1. The molecular formula is C14H14BrF3N2O6S. The van der Waals surface area contributed by atoms with E-state index < -0.39 is 46.1 Å². The second kappa shape index (κ2) is 7.75. The van der Waals surface area contributed by atoms with E-state index >= 15 is 0 Å². The molecule has 1 heterocycles. The molecule has 8 nitrogen and oxygen atoms in total. The fraction of sp³-hybridized carbons (Fsp3) is 0.357. The summed E-state index contributed by atoms with van der Waals surface area (Å²) in [6.07, 6.45) is -5.68. The molecule has 150 valence electrons. The largest absolute Gasteiger partial charge is 0.491 e. The number of nitrogens with one attached hydrogen (secondary N) is 1. The maximum atomic E-state index is 12.1. The molecule has 27 heavy (non-hydrogen) atoms. The molecule has 5 N–H and O–H groups in total. The normalized spacial score (nSPS) is 21.3. The van der Waals surface area contributed by atoms with E-state index in [1.54, 1.807) is 0 Å². The van der Waals surface area contributed by atoms with E-state index in [2.05, 4.69) is 25.4 Å². The lowest BCUT2D eigenvalue weighted by atomic mass is 10.0. The summed E-state index contributed by atoms with van der Waals surface area (Å²) in [5.74, 6) is -4.70. The van der Waals surface area contributed by atoms with Crippen molar-refractivity contribution in [2.45, 2.75) is 30.3 Å². The van der Waals surface area contributed by atoms with Crippen LogP contribution in [0.4, 0.5) is 13.2 Å². The summed E-state index contributed by atoms with van der Waals surface area (Å²) in [7, 11) is -3.36. The van der Waals surface area contributed by atoms with Crippen LogP contribution in [0.25, 0.3) is 0 Å². The fourth-order valence-corrected chi connectivity index (χ4v) is 4.73. The van der Waals surface area contributed by atoms with Gasteiger partial charge in [-0.2, -0.15) is 13.2 Å². The van der Waals surface area contributed by atoms with E-state index in [1.165, 1.54) is 18.2 Å². The van der Waals surface area contributed by atoms with E-state index in [0.717, 1.165) is 0 Å². The Labute approximate surface area is 160 Å². The van der Waals surface area contributed by atoms with Crippen LogP contribution in [-0.2, 0) is 25.5 Å². The molecule has 0 spiro atoms. The number of halogens is 4. The van der Waals surface area contributed by atoms with Gasteiger partial charge in [-0.3, -0.25) is 18.6 Å². The molecule has 0 radical (unpaired) electrons. The monoisotopic (exact) mass is 474 g/mol. The van der Waals surface area contributed by atoms with Gasteiger partial charge in [0.25, 0.3) is 0 Å². The molecule has 1 unspecified atom stereocenters. The highest BCUT2D eigenvalue weighted by Crippen LogP contribution is 2.57. The Morgan fingerprint density at radius 1 is 1.41 bits per heavy atom. The Morgan fingerprint density at radius 2 is 2.04 bits per heavy atom. The molecular weight excluding hydrogens is 461 g/mol. The third kappa shape index (κ3) is 5.19. The number of hydrogen-bond donors (Lipinski definition) is 4. The predicted molar refractivity (Wildman–Crippen MR) is 91.3 cm³/mol. The van der Waals surface area contributed by atoms with Crippen molar-refractivity contribution >= 4 is 44.6 Å². The van der Waals surface area contributed by atoms with Crippen LogP contribution in [0.3, 0.4) is 0 Å². The summed E-state index contributed by atoms with van der Waals surface area (Å²) in [5.41, 5.74) is 6.30.